The van der Waals surface area contributed by atoms with Crippen LogP contribution >= 0.6 is 15.9 Å². The van der Waals surface area contributed by atoms with Crippen molar-refractivity contribution in [1.29, 1.82) is 0 Å². The van der Waals surface area contributed by atoms with E-state index in [1.54, 1.807) is 12.1 Å². The number of aryl methyl sites for hydroxylation is 1. The maximum Gasteiger partial charge on any atom is 0.261 e. The molecular weight excluding hydrogens is 318 g/mol. The second-order valence-electron chi connectivity index (χ2n) is 4.87. The van der Waals surface area contributed by atoms with Crippen molar-refractivity contribution in [3.8, 4) is 0 Å². The lowest BCUT2D eigenvalue weighted by atomic mass is 10.1. The van der Waals surface area contributed by atoms with E-state index in [2.05, 4.69) is 15.9 Å². The Balaban J connectivity index is 1.91. The highest BCUT2D eigenvalue weighted by Crippen LogP contribution is 2.25. The van der Waals surface area contributed by atoms with E-state index in [-0.39, 0.29) is 11.8 Å². The van der Waals surface area contributed by atoms with E-state index >= 15 is 0 Å². The van der Waals surface area contributed by atoms with Crippen molar-refractivity contribution in [2.75, 3.05) is 0 Å². The van der Waals surface area contributed by atoms with Crippen molar-refractivity contribution in [3.05, 3.63) is 69.2 Å². The first-order valence-corrected chi connectivity index (χ1v) is 7.07. The normalized spacial score (nSPS) is 13.8. The number of benzene rings is 2. The van der Waals surface area contributed by atoms with Gasteiger partial charge >= 0.3 is 0 Å². The molecule has 0 radical (unpaired) electrons. The van der Waals surface area contributed by atoms with E-state index in [0.717, 1.165) is 15.6 Å². The van der Waals surface area contributed by atoms with Crippen molar-refractivity contribution in [3.63, 3.8) is 0 Å². The summed E-state index contributed by atoms with van der Waals surface area (Å²) in [6, 6.07) is 13.0. The number of imide groups is 1. The fourth-order valence-corrected chi connectivity index (χ4v) is 2.58. The zero-order valence-corrected chi connectivity index (χ0v) is 12.5. The summed E-state index contributed by atoms with van der Waals surface area (Å²) in [6.45, 7) is 2.22. The smallest absolute Gasteiger partial charge is 0.261 e. The molecule has 1 aliphatic rings. The van der Waals surface area contributed by atoms with Crippen LogP contribution in [0.15, 0.2) is 46.9 Å². The molecule has 0 aromatic heterocycles. The Kier molecular flexibility index (Phi) is 3.18. The summed E-state index contributed by atoms with van der Waals surface area (Å²) in [4.78, 5) is 25.9. The van der Waals surface area contributed by atoms with Crippen LogP contribution in [0.5, 0.6) is 0 Å². The molecule has 100 valence electrons. The lowest BCUT2D eigenvalue weighted by Crippen LogP contribution is -2.29. The molecule has 0 saturated heterocycles. The maximum atomic E-state index is 12.3. The molecule has 4 heteroatoms. The molecule has 0 saturated carbocycles. The predicted octanol–water partition coefficient (Wildman–Crippen LogP) is 3.55. The number of carbonyl (C=O) groups is 2. The van der Waals surface area contributed by atoms with Crippen molar-refractivity contribution < 1.29 is 9.59 Å². The number of halogens is 1. The van der Waals surface area contributed by atoms with Crippen molar-refractivity contribution in [1.82, 2.24) is 4.90 Å². The van der Waals surface area contributed by atoms with Crippen LogP contribution in [0.4, 0.5) is 0 Å². The topological polar surface area (TPSA) is 37.4 Å². The molecule has 1 aliphatic heterocycles. The molecule has 0 aliphatic carbocycles. The van der Waals surface area contributed by atoms with Gasteiger partial charge in [0, 0.05) is 4.47 Å². The minimum Gasteiger partial charge on any atom is -0.270 e. The molecule has 20 heavy (non-hydrogen) atoms. The molecular formula is C16H12BrNO2. The highest BCUT2D eigenvalue weighted by Gasteiger charge is 2.35. The van der Waals surface area contributed by atoms with Crippen LogP contribution in [-0.2, 0) is 6.54 Å². The predicted molar refractivity (Wildman–Crippen MR) is 79.5 cm³/mol. The highest BCUT2D eigenvalue weighted by molar-refractivity contribution is 9.10. The number of carbonyl (C=O) groups excluding carboxylic acids is 2. The SMILES string of the molecule is Cc1ccc2c(c1)C(=O)N(Cc1ccc(Br)cc1)C2=O. The van der Waals surface area contributed by atoms with Crippen LogP contribution < -0.4 is 0 Å². The van der Waals surface area contributed by atoms with Gasteiger partial charge < -0.3 is 0 Å². The maximum absolute atomic E-state index is 12.3. The fraction of sp³-hybridized carbons (Fsp3) is 0.125. The molecule has 2 aromatic rings. The minimum absolute atomic E-state index is 0.211. The van der Waals surface area contributed by atoms with Gasteiger partial charge in [0.2, 0.25) is 0 Å². The Labute approximate surface area is 125 Å². The van der Waals surface area contributed by atoms with E-state index in [0.29, 0.717) is 17.7 Å². The molecule has 1 heterocycles. The second-order valence-corrected chi connectivity index (χ2v) is 5.79. The molecule has 0 atom stereocenters. The van der Waals surface area contributed by atoms with E-state index in [1.165, 1.54) is 4.90 Å². The van der Waals surface area contributed by atoms with E-state index in [1.807, 2.05) is 37.3 Å². The lowest BCUT2D eigenvalue weighted by Gasteiger charge is -2.13. The summed E-state index contributed by atoms with van der Waals surface area (Å²) in [5.41, 5.74) is 2.92. The number of nitrogens with zero attached hydrogens (tertiary/aromatic N) is 1. The van der Waals surface area contributed by atoms with Gasteiger partial charge in [0.25, 0.3) is 11.8 Å². The van der Waals surface area contributed by atoms with Crippen LogP contribution in [0, 0.1) is 6.92 Å². The first-order valence-electron chi connectivity index (χ1n) is 6.27. The van der Waals surface area contributed by atoms with Gasteiger partial charge in [0.05, 0.1) is 17.7 Å². The molecule has 0 fully saturated rings. The first-order chi connectivity index (χ1) is 9.56. The van der Waals surface area contributed by atoms with Gasteiger partial charge in [-0.15, -0.1) is 0 Å². The van der Waals surface area contributed by atoms with Crippen molar-refractivity contribution in [2.45, 2.75) is 13.5 Å². The molecule has 3 rings (SSSR count). The summed E-state index contributed by atoms with van der Waals surface area (Å²) >= 11 is 3.37. The lowest BCUT2D eigenvalue weighted by molar-refractivity contribution is 0.0642. The van der Waals surface area contributed by atoms with Crippen molar-refractivity contribution >= 4 is 27.7 Å². The Bertz CT molecular complexity index is 707. The Morgan fingerprint density at radius 3 is 2.30 bits per heavy atom. The standard InChI is InChI=1S/C16H12BrNO2/c1-10-2-7-13-14(8-10)16(20)18(15(13)19)9-11-3-5-12(17)6-4-11/h2-8H,9H2,1H3. The summed E-state index contributed by atoms with van der Waals surface area (Å²) in [5.74, 6) is -0.426. The van der Waals surface area contributed by atoms with Gasteiger partial charge in [-0.3, -0.25) is 14.5 Å². The zero-order chi connectivity index (χ0) is 14.3. The Morgan fingerprint density at radius 1 is 0.950 bits per heavy atom. The second kappa shape index (κ2) is 4.87. The van der Waals surface area contributed by atoms with Crippen LogP contribution in [-0.4, -0.2) is 16.7 Å². The van der Waals surface area contributed by atoms with Gasteiger partial charge in [-0.25, -0.2) is 0 Å². The number of fused-ring (bicyclic) bond motifs is 1. The number of rotatable bonds is 2. The van der Waals surface area contributed by atoms with Gasteiger partial charge in [-0.05, 0) is 36.8 Å². The highest BCUT2D eigenvalue weighted by atomic mass is 79.9. The van der Waals surface area contributed by atoms with E-state index in [4.69, 9.17) is 0 Å². The van der Waals surface area contributed by atoms with Crippen LogP contribution in [0.3, 0.4) is 0 Å². The number of hydrogen-bond donors (Lipinski definition) is 0. The van der Waals surface area contributed by atoms with E-state index < -0.39 is 0 Å². The van der Waals surface area contributed by atoms with Crippen LogP contribution in [0.1, 0.15) is 31.8 Å². The van der Waals surface area contributed by atoms with Crippen molar-refractivity contribution in [2.24, 2.45) is 0 Å². The van der Waals surface area contributed by atoms with Crippen LogP contribution in [0.2, 0.25) is 0 Å². The zero-order valence-electron chi connectivity index (χ0n) is 10.9. The molecule has 3 nitrogen and oxygen atoms in total. The Hall–Kier alpha value is -1.94. The van der Waals surface area contributed by atoms with Gasteiger partial charge in [0.15, 0.2) is 0 Å². The quantitative estimate of drug-likeness (QED) is 0.790. The molecule has 0 unspecified atom stereocenters. The average molecular weight is 330 g/mol. The number of amides is 2. The molecule has 2 amide bonds. The van der Waals surface area contributed by atoms with Crippen LogP contribution in [0.25, 0.3) is 0 Å². The minimum atomic E-state index is -0.215. The average Bonchev–Trinajstić information content (AvgIpc) is 2.66. The Morgan fingerprint density at radius 2 is 1.60 bits per heavy atom. The summed E-state index contributed by atoms with van der Waals surface area (Å²) in [6.07, 6.45) is 0. The van der Waals surface area contributed by atoms with Gasteiger partial charge in [-0.2, -0.15) is 0 Å². The number of hydrogen-bond acceptors (Lipinski definition) is 2. The third-order valence-electron chi connectivity index (χ3n) is 3.38. The molecule has 0 bridgehead atoms. The largest absolute Gasteiger partial charge is 0.270 e. The summed E-state index contributed by atoms with van der Waals surface area (Å²) in [7, 11) is 0. The first kappa shape index (κ1) is 13.1. The summed E-state index contributed by atoms with van der Waals surface area (Å²) < 4.78 is 0.972. The monoisotopic (exact) mass is 329 g/mol. The molecule has 2 aromatic carbocycles. The molecule has 0 spiro atoms. The summed E-state index contributed by atoms with van der Waals surface area (Å²) in [5, 5.41) is 0. The molecule has 0 N–H and O–H groups in total. The van der Waals surface area contributed by atoms with Gasteiger partial charge in [-0.1, -0.05) is 39.7 Å². The van der Waals surface area contributed by atoms with Gasteiger partial charge in [0.1, 0.15) is 0 Å². The van der Waals surface area contributed by atoms with E-state index in [9.17, 15) is 9.59 Å². The third-order valence-corrected chi connectivity index (χ3v) is 3.91. The third kappa shape index (κ3) is 2.16. The fourth-order valence-electron chi connectivity index (χ4n) is 2.32.